The van der Waals surface area contributed by atoms with Crippen molar-refractivity contribution in [1.29, 1.82) is 0 Å². The molecule has 4 aliphatic rings. The Morgan fingerprint density at radius 2 is 1.94 bits per heavy atom. The van der Waals surface area contributed by atoms with E-state index in [4.69, 9.17) is 20.2 Å². The highest BCUT2D eigenvalue weighted by molar-refractivity contribution is 5.86. The number of anilines is 1. The largest absolute Gasteiger partial charge is 0.383 e. The normalized spacial score (nSPS) is 33.9. The first-order valence-electron chi connectivity index (χ1n) is 12.6. The van der Waals surface area contributed by atoms with E-state index in [-0.39, 0.29) is 24.0 Å². The molecule has 2 aromatic heterocycles. The van der Waals surface area contributed by atoms with Crippen molar-refractivity contribution in [3.8, 4) is 0 Å². The third kappa shape index (κ3) is 3.57. The molecule has 0 amide bonds. The Labute approximate surface area is 196 Å². The molecule has 0 aliphatic carbocycles. The van der Waals surface area contributed by atoms with Crippen LogP contribution in [-0.4, -0.2) is 80.9 Å². The summed E-state index contributed by atoms with van der Waals surface area (Å²) in [5, 5.41) is 0.896. The number of piperidine rings is 1. The Morgan fingerprint density at radius 1 is 1.15 bits per heavy atom. The number of nitrogens with two attached hydrogens (primary N) is 1. The summed E-state index contributed by atoms with van der Waals surface area (Å²) < 4.78 is 15.7. The van der Waals surface area contributed by atoms with Crippen LogP contribution in [0, 0.1) is 12.8 Å². The van der Waals surface area contributed by atoms with Crippen LogP contribution < -0.4 is 5.73 Å². The van der Waals surface area contributed by atoms with Gasteiger partial charge in [-0.3, -0.25) is 4.90 Å². The zero-order chi connectivity index (χ0) is 23.0. The summed E-state index contributed by atoms with van der Waals surface area (Å²) >= 11 is 0. The quantitative estimate of drug-likeness (QED) is 0.764. The van der Waals surface area contributed by atoms with Crippen molar-refractivity contribution in [3.05, 3.63) is 18.1 Å². The third-order valence-corrected chi connectivity index (χ3v) is 8.70. The molecule has 8 heteroatoms. The molecule has 33 heavy (non-hydrogen) atoms. The molecule has 0 bridgehead atoms. The second-order valence-electron chi connectivity index (χ2n) is 11.5. The first kappa shape index (κ1) is 21.8. The number of aromatic nitrogens is 3. The van der Waals surface area contributed by atoms with Gasteiger partial charge in [0.1, 0.15) is 23.5 Å². The highest BCUT2D eigenvalue weighted by atomic mass is 16.6. The summed E-state index contributed by atoms with van der Waals surface area (Å²) in [6, 6.07) is 2.02. The minimum atomic E-state index is -0.140. The molecule has 180 valence electrons. The number of nitrogens with zero attached hydrogens (tertiary/aromatic N) is 5. The highest BCUT2D eigenvalue weighted by Gasteiger charge is 2.56. The zero-order valence-corrected chi connectivity index (χ0v) is 20.5. The van der Waals surface area contributed by atoms with Crippen molar-refractivity contribution in [2.45, 2.75) is 82.5 Å². The van der Waals surface area contributed by atoms with Crippen molar-refractivity contribution in [2.24, 2.45) is 5.92 Å². The Bertz CT molecular complexity index is 1040. The van der Waals surface area contributed by atoms with Crippen LogP contribution >= 0.6 is 0 Å². The second-order valence-corrected chi connectivity index (χ2v) is 11.5. The van der Waals surface area contributed by atoms with E-state index in [0.29, 0.717) is 23.1 Å². The maximum absolute atomic E-state index is 6.86. The first-order valence-corrected chi connectivity index (χ1v) is 12.6. The topological polar surface area (TPSA) is 81.7 Å². The molecule has 0 saturated carbocycles. The van der Waals surface area contributed by atoms with Gasteiger partial charge in [-0.1, -0.05) is 0 Å². The molecule has 4 saturated heterocycles. The SMILES string of the molecule is Cc1nc(N)c2ccn([C@@H]3O[C@H](CN4CCCC45CCN(C)CC5)[C@H]4OC(C)(C)C[C@H]43)c2n1. The van der Waals surface area contributed by atoms with Gasteiger partial charge in [0.05, 0.1) is 23.2 Å². The van der Waals surface area contributed by atoms with Crippen LogP contribution in [0.2, 0.25) is 0 Å². The third-order valence-electron chi connectivity index (χ3n) is 8.70. The molecule has 2 N–H and O–H groups in total. The molecule has 6 heterocycles. The molecule has 2 aromatic rings. The Balaban J connectivity index is 1.30. The van der Waals surface area contributed by atoms with Gasteiger partial charge in [0, 0.05) is 24.2 Å². The van der Waals surface area contributed by atoms with E-state index in [9.17, 15) is 0 Å². The number of ether oxygens (including phenoxy) is 2. The second kappa shape index (κ2) is 7.63. The summed E-state index contributed by atoms with van der Waals surface area (Å²) in [6.07, 6.45) is 8.25. The van der Waals surface area contributed by atoms with E-state index in [2.05, 4.69) is 46.4 Å². The van der Waals surface area contributed by atoms with Crippen LogP contribution in [0.4, 0.5) is 5.82 Å². The van der Waals surface area contributed by atoms with Crippen LogP contribution in [0.3, 0.4) is 0 Å². The fourth-order valence-corrected chi connectivity index (χ4v) is 7.05. The van der Waals surface area contributed by atoms with E-state index in [1.54, 1.807) is 0 Å². The molecular formula is C25H38N6O2. The van der Waals surface area contributed by atoms with Gasteiger partial charge in [0.2, 0.25) is 0 Å². The van der Waals surface area contributed by atoms with E-state index in [1.807, 2.05) is 13.0 Å². The predicted octanol–water partition coefficient (Wildman–Crippen LogP) is 2.96. The Kier molecular flexibility index (Phi) is 5.04. The maximum atomic E-state index is 6.86. The summed E-state index contributed by atoms with van der Waals surface area (Å²) in [6.45, 7) is 10.8. The Hall–Kier alpha value is -1.74. The number of hydrogen-bond acceptors (Lipinski definition) is 7. The van der Waals surface area contributed by atoms with Crippen LogP contribution in [-0.2, 0) is 9.47 Å². The average molecular weight is 455 g/mol. The summed E-state index contributed by atoms with van der Waals surface area (Å²) in [7, 11) is 2.25. The fourth-order valence-electron chi connectivity index (χ4n) is 7.05. The molecule has 1 spiro atoms. The van der Waals surface area contributed by atoms with Gasteiger partial charge in [-0.25, -0.2) is 9.97 Å². The smallest absolute Gasteiger partial charge is 0.147 e. The average Bonchev–Trinajstić information content (AvgIpc) is 3.48. The van der Waals surface area contributed by atoms with Gasteiger partial charge >= 0.3 is 0 Å². The molecule has 8 nitrogen and oxygen atoms in total. The van der Waals surface area contributed by atoms with Gasteiger partial charge < -0.3 is 24.7 Å². The fraction of sp³-hybridized carbons (Fsp3) is 0.760. The predicted molar refractivity (Wildman–Crippen MR) is 128 cm³/mol. The van der Waals surface area contributed by atoms with Crippen molar-refractivity contribution in [1.82, 2.24) is 24.3 Å². The minimum Gasteiger partial charge on any atom is -0.383 e. The van der Waals surface area contributed by atoms with E-state index < -0.39 is 0 Å². The lowest BCUT2D eigenvalue weighted by atomic mass is 9.84. The van der Waals surface area contributed by atoms with E-state index in [0.717, 1.165) is 24.0 Å². The van der Waals surface area contributed by atoms with Crippen LogP contribution in [0.5, 0.6) is 0 Å². The number of hydrogen-bond donors (Lipinski definition) is 1. The monoisotopic (exact) mass is 454 g/mol. The van der Waals surface area contributed by atoms with E-state index >= 15 is 0 Å². The number of aryl methyl sites for hydroxylation is 1. The van der Waals surface area contributed by atoms with Gasteiger partial charge in [-0.15, -0.1) is 0 Å². The Morgan fingerprint density at radius 3 is 2.73 bits per heavy atom. The standard InChI is InChI=1S/C25H38N6O2/c1-16-27-21(26)17-6-11-31(22(17)28-16)23-18-14-24(2,3)33-20(18)19(32-23)15-30-10-5-7-25(30)8-12-29(4)13-9-25/h6,11,18-20,23H,5,7-10,12-15H2,1-4H3,(H2,26,27,28)/t18-,19-,20+,23-/m1/s1. The molecule has 6 rings (SSSR count). The van der Waals surface area contributed by atoms with E-state index in [1.165, 1.54) is 45.3 Å². The lowest BCUT2D eigenvalue weighted by Gasteiger charge is -2.45. The van der Waals surface area contributed by atoms with Crippen LogP contribution in [0.25, 0.3) is 11.0 Å². The molecule has 4 aliphatic heterocycles. The molecule has 4 atom stereocenters. The lowest BCUT2D eigenvalue weighted by molar-refractivity contribution is -0.102. The van der Waals surface area contributed by atoms with Crippen LogP contribution in [0.1, 0.15) is 58.0 Å². The van der Waals surface area contributed by atoms with Crippen molar-refractivity contribution >= 4 is 16.9 Å². The number of nitrogen functional groups attached to an aromatic ring is 1. The van der Waals surface area contributed by atoms with Crippen LogP contribution in [0.15, 0.2) is 12.3 Å². The molecular weight excluding hydrogens is 416 g/mol. The lowest BCUT2D eigenvalue weighted by Crippen LogP contribution is -2.54. The summed E-state index contributed by atoms with van der Waals surface area (Å²) in [4.78, 5) is 14.3. The molecule has 4 fully saturated rings. The van der Waals surface area contributed by atoms with Gasteiger partial charge in [0.25, 0.3) is 0 Å². The minimum absolute atomic E-state index is 0.0640. The first-order chi connectivity index (χ1) is 15.7. The number of likely N-dealkylation sites (tertiary alicyclic amines) is 2. The van der Waals surface area contributed by atoms with Gasteiger partial charge in [-0.05, 0) is 85.6 Å². The molecule has 0 radical (unpaired) electrons. The number of fused-ring (bicyclic) bond motifs is 2. The zero-order valence-electron chi connectivity index (χ0n) is 20.5. The van der Waals surface area contributed by atoms with Crippen molar-refractivity contribution in [3.63, 3.8) is 0 Å². The van der Waals surface area contributed by atoms with Crippen molar-refractivity contribution in [2.75, 3.05) is 39.0 Å². The summed E-state index contributed by atoms with van der Waals surface area (Å²) in [5.41, 5.74) is 7.27. The molecule has 0 unspecified atom stereocenters. The summed E-state index contributed by atoms with van der Waals surface area (Å²) in [5.74, 6) is 1.52. The van der Waals surface area contributed by atoms with Crippen molar-refractivity contribution < 1.29 is 9.47 Å². The van der Waals surface area contributed by atoms with Gasteiger partial charge in [0.15, 0.2) is 0 Å². The van der Waals surface area contributed by atoms with Gasteiger partial charge in [-0.2, -0.15) is 0 Å². The highest BCUT2D eigenvalue weighted by Crippen LogP contribution is 2.50. The number of rotatable bonds is 3. The molecule has 0 aromatic carbocycles. The maximum Gasteiger partial charge on any atom is 0.147 e.